The van der Waals surface area contributed by atoms with Crippen molar-refractivity contribution < 1.29 is 26.6 Å². The van der Waals surface area contributed by atoms with Crippen LogP contribution < -0.4 is 22.1 Å². The lowest BCUT2D eigenvalue weighted by molar-refractivity contribution is 0.122. The smallest absolute Gasteiger partial charge is 0.377 e. The molecule has 0 heterocycles. The van der Waals surface area contributed by atoms with Gasteiger partial charge in [-0.1, -0.05) is 12.8 Å². The molecule has 0 rings (SSSR count). The number of nitrogens with two attached hydrogens (primary N) is 2. The second-order valence-corrected chi connectivity index (χ2v) is 13.5. The van der Waals surface area contributed by atoms with E-state index in [1.165, 1.54) is 19.3 Å². The molecule has 196 valence electrons. The summed E-state index contributed by atoms with van der Waals surface area (Å²) in [7, 11) is 5.16. The van der Waals surface area contributed by atoms with Crippen LogP contribution in [0, 0.1) is 0 Å². The van der Waals surface area contributed by atoms with Crippen LogP contribution in [-0.2, 0) is 26.6 Å². The van der Waals surface area contributed by atoms with Crippen molar-refractivity contribution in [2.45, 2.75) is 50.6 Å². The summed E-state index contributed by atoms with van der Waals surface area (Å²) in [6.45, 7) is 5.31. The van der Waals surface area contributed by atoms with Gasteiger partial charge in [0.2, 0.25) is 0 Å². The number of rotatable bonds is 22. The molecule has 0 aliphatic rings. The van der Waals surface area contributed by atoms with E-state index < -0.39 is 17.6 Å². The van der Waals surface area contributed by atoms with Crippen LogP contribution in [0.2, 0.25) is 12.1 Å². The van der Waals surface area contributed by atoms with E-state index in [-0.39, 0.29) is 0 Å². The fourth-order valence-corrected chi connectivity index (χ4v) is 6.52. The summed E-state index contributed by atoms with van der Waals surface area (Å²) in [4.78, 5) is 0. The molecule has 12 heteroatoms. The van der Waals surface area contributed by atoms with Gasteiger partial charge in [0.1, 0.15) is 0 Å². The molecule has 0 unspecified atom stereocenters. The molecule has 0 aliphatic heterocycles. The molecule has 0 aliphatic carbocycles. The molecule has 6 N–H and O–H groups in total. The first-order valence-electron chi connectivity index (χ1n) is 11.6. The first-order valence-corrected chi connectivity index (χ1v) is 15.5. The van der Waals surface area contributed by atoms with E-state index in [9.17, 15) is 0 Å². The molecular formula is C20H52N4O6Si2. The maximum atomic E-state index is 5.44. The minimum atomic E-state index is -2.36. The number of nitrogens with one attached hydrogen (secondary N) is 2. The van der Waals surface area contributed by atoms with Crippen LogP contribution in [0.25, 0.3) is 0 Å². The van der Waals surface area contributed by atoms with Gasteiger partial charge in [-0.3, -0.25) is 0 Å². The third-order valence-corrected chi connectivity index (χ3v) is 10.8. The lowest BCUT2D eigenvalue weighted by Crippen LogP contribution is -2.43. The zero-order valence-electron chi connectivity index (χ0n) is 21.5. The molecule has 10 nitrogen and oxygen atoms in total. The lowest BCUT2D eigenvalue weighted by Gasteiger charge is -2.24. The molecule has 32 heavy (non-hydrogen) atoms. The van der Waals surface area contributed by atoms with Crippen LogP contribution in [0.15, 0.2) is 0 Å². The predicted octanol–water partition coefficient (Wildman–Crippen LogP) is 1.17. The summed E-state index contributed by atoms with van der Waals surface area (Å²) < 4.78 is 31.9. The third-order valence-electron chi connectivity index (χ3n) is 5.17. The minimum absolute atomic E-state index is 0.668. The van der Waals surface area contributed by atoms with E-state index >= 15 is 0 Å². The Morgan fingerprint density at radius 2 is 0.844 bits per heavy atom. The molecule has 0 amide bonds. The summed E-state index contributed by atoms with van der Waals surface area (Å²) in [5.41, 5.74) is 10.8. The Bertz CT molecular complexity index is 365. The van der Waals surface area contributed by atoms with Crippen molar-refractivity contribution in [3.8, 4) is 0 Å². The minimum Gasteiger partial charge on any atom is -0.377 e. The van der Waals surface area contributed by atoms with Crippen molar-refractivity contribution in [2.75, 3.05) is 81.9 Å². The normalized spacial score (nSPS) is 12.0. The second-order valence-electron chi connectivity index (χ2n) is 7.29. The zero-order valence-corrected chi connectivity index (χ0v) is 23.5. The zero-order chi connectivity index (χ0) is 24.6. The third kappa shape index (κ3) is 17.5. The fourth-order valence-electron chi connectivity index (χ4n) is 3.07. The monoisotopic (exact) mass is 500 g/mol. The van der Waals surface area contributed by atoms with E-state index in [0.717, 1.165) is 64.1 Å². The van der Waals surface area contributed by atoms with E-state index in [0.29, 0.717) is 6.54 Å². The average molecular weight is 501 g/mol. The van der Waals surface area contributed by atoms with Crippen LogP contribution in [0.4, 0.5) is 0 Å². The largest absolute Gasteiger partial charge is 0.500 e. The Hall–Kier alpha value is 0.0338. The predicted molar refractivity (Wildman–Crippen MR) is 135 cm³/mol. The fraction of sp³-hybridized carbons (Fsp3) is 1.00. The van der Waals surface area contributed by atoms with Crippen LogP contribution in [0.1, 0.15) is 38.5 Å². The van der Waals surface area contributed by atoms with Gasteiger partial charge in [-0.15, -0.1) is 0 Å². The molecule has 0 saturated carbocycles. The first-order chi connectivity index (χ1) is 15.5. The van der Waals surface area contributed by atoms with E-state index in [1.807, 2.05) is 0 Å². The van der Waals surface area contributed by atoms with E-state index in [1.54, 1.807) is 42.7 Å². The lowest BCUT2D eigenvalue weighted by atomic mass is 10.2. The highest BCUT2D eigenvalue weighted by atomic mass is 28.4. The topological polar surface area (TPSA) is 131 Å². The Morgan fingerprint density at radius 3 is 1.22 bits per heavy atom. The maximum Gasteiger partial charge on any atom is 0.500 e. The Balaban J connectivity index is 0. The summed E-state index contributed by atoms with van der Waals surface area (Å²) >= 11 is 0. The highest BCUT2D eigenvalue weighted by molar-refractivity contribution is 6.60. The van der Waals surface area contributed by atoms with Crippen molar-refractivity contribution in [1.29, 1.82) is 0 Å². The van der Waals surface area contributed by atoms with Crippen molar-refractivity contribution >= 4 is 17.6 Å². The van der Waals surface area contributed by atoms with E-state index in [4.69, 9.17) is 38.0 Å². The van der Waals surface area contributed by atoms with Gasteiger partial charge >= 0.3 is 17.6 Å². The number of hydrogen-bond donors (Lipinski definition) is 4. The summed E-state index contributed by atoms with van der Waals surface area (Å²) in [5, 5.41) is 6.64. The van der Waals surface area contributed by atoms with Crippen LogP contribution in [0.3, 0.4) is 0 Å². The molecule has 0 aromatic heterocycles. The molecule has 0 atom stereocenters. The van der Waals surface area contributed by atoms with Gasteiger partial charge in [0, 0.05) is 67.8 Å². The molecule has 0 radical (unpaired) electrons. The van der Waals surface area contributed by atoms with Gasteiger partial charge in [-0.05, 0) is 51.9 Å². The van der Waals surface area contributed by atoms with Crippen LogP contribution in [0.5, 0.6) is 0 Å². The highest BCUT2D eigenvalue weighted by Gasteiger charge is 2.37. The quantitative estimate of drug-likeness (QED) is 0.127. The molecule has 0 fully saturated rings. The molecular weight excluding hydrogens is 448 g/mol. The molecule has 0 spiro atoms. The van der Waals surface area contributed by atoms with Gasteiger partial charge in [-0.2, -0.15) is 0 Å². The SMILES string of the molecule is CO[Si](CCCNCCCCCCN)(OC)OC.CO[Si](CCCNCCN)(OC)OC. The number of unbranched alkanes of at least 4 members (excludes halogenated alkanes) is 3. The Kier molecular flexibility index (Phi) is 25.8. The van der Waals surface area contributed by atoms with Crippen LogP contribution in [-0.4, -0.2) is 99.5 Å². The molecule has 0 aromatic rings. The van der Waals surface area contributed by atoms with Crippen LogP contribution >= 0.6 is 0 Å². The Morgan fingerprint density at radius 1 is 0.469 bits per heavy atom. The van der Waals surface area contributed by atoms with E-state index in [2.05, 4.69) is 10.6 Å². The summed E-state index contributed by atoms with van der Waals surface area (Å²) in [6, 6.07) is 1.69. The highest BCUT2D eigenvalue weighted by Crippen LogP contribution is 2.15. The Labute approximate surface area is 199 Å². The molecule has 0 aromatic carbocycles. The van der Waals surface area contributed by atoms with Gasteiger partial charge in [0.05, 0.1) is 0 Å². The second kappa shape index (κ2) is 24.2. The van der Waals surface area contributed by atoms with Gasteiger partial charge in [0.15, 0.2) is 0 Å². The van der Waals surface area contributed by atoms with Crippen molar-refractivity contribution in [3.05, 3.63) is 0 Å². The van der Waals surface area contributed by atoms with Gasteiger partial charge < -0.3 is 48.7 Å². The van der Waals surface area contributed by atoms with Gasteiger partial charge in [-0.25, -0.2) is 0 Å². The van der Waals surface area contributed by atoms with Crippen molar-refractivity contribution in [2.24, 2.45) is 11.5 Å². The standard InChI is InChI=1S/C12H30N2O3Si.C8H22N2O3Si/c1-15-18(16-2,17-3)12-8-11-14-10-7-5-4-6-9-13;1-11-14(12-2,13-3)8-4-6-10-7-5-9/h14H,4-13H2,1-3H3;10H,4-9H2,1-3H3. The average Bonchev–Trinajstić information content (AvgIpc) is 2.84. The maximum absolute atomic E-state index is 5.44. The van der Waals surface area contributed by atoms with Crippen molar-refractivity contribution in [1.82, 2.24) is 10.6 Å². The molecule has 0 bridgehead atoms. The van der Waals surface area contributed by atoms with Crippen molar-refractivity contribution in [3.63, 3.8) is 0 Å². The summed E-state index contributed by atoms with van der Waals surface area (Å²) in [5.74, 6) is 0. The first kappa shape index (κ1) is 34.2. The molecule has 0 saturated heterocycles. The summed E-state index contributed by atoms with van der Waals surface area (Å²) in [6.07, 6.45) is 6.86. The number of hydrogen-bond acceptors (Lipinski definition) is 10. The van der Waals surface area contributed by atoms with Gasteiger partial charge in [0.25, 0.3) is 0 Å².